The van der Waals surface area contributed by atoms with E-state index in [1.165, 1.54) is 6.92 Å². The molecule has 27 heavy (non-hydrogen) atoms. The zero-order valence-corrected chi connectivity index (χ0v) is 16.3. The van der Waals surface area contributed by atoms with Crippen LogP contribution in [0.4, 0.5) is 5.69 Å². The predicted octanol–water partition coefficient (Wildman–Crippen LogP) is 4.49. The summed E-state index contributed by atoms with van der Waals surface area (Å²) in [7, 11) is 0. The molecule has 1 N–H and O–H groups in total. The first-order valence-corrected chi connectivity index (χ1v) is 9.00. The van der Waals surface area contributed by atoms with Gasteiger partial charge < -0.3 is 10.1 Å². The van der Waals surface area contributed by atoms with E-state index in [4.69, 9.17) is 16.3 Å². The Morgan fingerprint density at radius 2 is 1.70 bits per heavy atom. The number of rotatable bonds is 7. The Bertz CT molecular complexity index is 846. The molecule has 2 aromatic carbocycles. The van der Waals surface area contributed by atoms with E-state index in [-0.39, 0.29) is 18.6 Å². The molecule has 0 saturated heterocycles. The first-order chi connectivity index (χ1) is 12.8. The molecule has 5 nitrogen and oxygen atoms in total. The zero-order chi connectivity index (χ0) is 20.0. The van der Waals surface area contributed by atoms with Crippen molar-refractivity contribution < 1.29 is 19.1 Å². The lowest BCUT2D eigenvalue weighted by molar-refractivity contribution is -0.153. The zero-order valence-electron chi connectivity index (χ0n) is 15.5. The maximum Gasteiger partial charge on any atom is 0.307 e. The van der Waals surface area contributed by atoms with Gasteiger partial charge in [0.2, 0.25) is 0 Å². The number of nitrogens with one attached hydrogen (secondary N) is 1. The second-order valence-electron chi connectivity index (χ2n) is 6.37. The van der Waals surface area contributed by atoms with E-state index in [1.807, 2.05) is 32.0 Å². The van der Waals surface area contributed by atoms with Gasteiger partial charge in [-0.15, -0.1) is 0 Å². The van der Waals surface area contributed by atoms with E-state index in [0.717, 1.165) is 11.1 Å². The van der Waals surface area contributed by atoms with Crippen LogP contribution in [-0.4, -0.2) is 23.8 Å². The van der Waals surface area contributed by atoms with Crippen molar-refractivity contribution in [2.45, 2.75) is 39.7 Å². The monoisotopic (exact) mass is 387 g/mol. The first kappa shape index (κ1) is 20.6. The second-order valence-corrected chi connectivity index (χ2v) is 6.81. The molecule has 0 fully saturated rings. The van der Waals surface area contributed by atoms with E-state index in [9.17, 15) is 14.4 Å². The van der Waals surface area contributed by atoms with Crippen molar-refractivity contribution in [2.75, 3.05) is 5.32 Å². The Hall–Kier alpha value is -2.66. The number of hydrogen-bond donors (Lipinski definition) is 1. The van der Waals surface area contributed by atoms with Crippen molar-refractivity contribution in [3.8, 4) is 0 Å². The third kappa shape index (κ3) is 6.22. The second kappa shape index (κ2) is 9.33. The molecule has 0 heterocycles. The van der Waals surface area contributed by atoms with Crippen LogP contribution >= 0.6 is 11.6 Å². The van der Waals surface area contributed by atoms with Crippen LogP contribution in [0, 0.1) is 13.8 Å². The molecule has 1 unspecified atom stereocenters. The highest BCUT2D eigenvalue weighted by Crippen LogP contribution is 2.17. The number of ketones is 1. The van der Waals surface area contributed by atoms with Crippen LogP contribution in [0.3, 0.4) is 0 Å². The number of Topliss-reactive ketones (excluding diaryl/α,β-unsaturated/α-hetero) is 1. The SMILES string of the molecule is Cc1ccc(C)c(NC(=O)C(C)OC(=O)CCC(=O)c2ccc(Cl)cc2)c1. The third-order valence-corrected chi connectivity index (χ3v) is 4.30. The number of carbonyl (C=O) groups excluding carboxylic acids is 3. The van der Waals surface area contributed by atoms with Crippen LogP contribution in [0.1, 0.15) is 41.3 Å². The molecule has 0 aliphatic rings. The number of aryl methyl sites for hydroxylation is 2. The summed E-state index contributed by atoms with van der Waals surface area (Å²) < 4.78 is 5.14. The average molecular weight is 388 g/mol. The van der Waals surface area contributed by atoms with Crippen LogP contribution in [0.5, 0.6) is 0 Å². The number of esters is 1. The highest BCUT2D eigenvalue weighted by atomic mass is 35.5. The molecule has 0 aliphatic carbocycles. The topological polar surface area (TPSA) is 72.5 Å². The van der Waals surface area contributed by atoms with Crippen molar-refractivity contribution in [3.63, 3.8) is 0 Å². The van der Waals surface area contributed by atoms with Crippen molar-refractivity contribution in [2.24, 2.45) is 0 Å². The molecule has 2 aromatic rings. The smallest absolute Gasteiger partial charge is 0.307 e. The van der Waals surface area contributed by atoms with Crippen LogP contribution in [0.25, 0.3) is 0 Å². The molecular weight excluding hydrogens is 366 g/mol. The molecule has 6 heteroatoms. The minimum atomic E-state index is -0.956. The van der Waals surface area contributed by atoms with Crippen molar-refractivity contribution in [1.82, 2.24) is 0 Å². The number of carbonyl (C=O) groups is 3. The van der Waals surface area contributed by atoms with E-state index < -0.39 is 18.0 Å². The molecule has 1 amide bonds. The largest absolute Gasteiger partial charge is 0.453 e. The summed E-state index contributed by atoms with van der Waals surface area (Å²) in [5.74, 6) is -1.20. The van der Waals surface area contributed by atoms with Gasteiger partial charge in [0.1, 0.15) is 0 Å². The Morgan fingerprint density at radius 3 is 2.37 bits per heavy atom. The summed E-state index contributed by atoms with van der Waals surface area (Å²) >= 11 is 5.78. The quantitative estimate of drug-likeness (QED) is 0.561. The van der Waals surface area contributed by atoms with Gasteiger partial charge in [-0.1, -0.05) is 23.7 Å². The third-order valence-electron chi connectivity index (χ3n) is 4.05. The first-order valence-electron chi connectivity index (χ1n) is 8.62. The Balaban J connectivity index is 1.83. The molecule has 0 bridgehead atoms. The molecule has 2 rings (SSSR count). The number of amides is 1. The molecule has 1 atom stereocenters. The van der Waals surface area contributed by atoms with Gasteiger partial charge in [0.25, 0.3) is 5.91 Å². The molecule has 0 radical (unpaired) electrons. The molecule has 0 aliphatic heterocycles. The number of hydrogen-bond acceptors (Lipinski definition) is 4. The number of halogens is 1. The van der Waals surface area contributed by atoms with Crippen molar-refractivity contribution in [3.05, 3.63) is 64.2 Å². The van der Waals surface area contributed by atoms with Gasteiger partial charge in [0.15, 0.2) is 11.9 Å². The van der Waals surface area contributed by atoms with Crippen LogP contribution in [0.2, 0.25) is 5.02 Å². The van der Waals surface area contributed by atoms with Crippen LogP contribution in [0.15, 0.2) is 42.5 Å². The van der Waals surface area contributed by atoms with E-state index >= 15 is 0 Å². The van der Waals surface area contributed by atoms with Crippen molar-refractivity contribution >= 4 is 34.9 Å². The lowest BCUT2D eigenvalue weighted by Crippen LogP contribution is -2.30. The van der Waals surface area contributed by atoms with E-state index in [1.54, 1.807) is 24.3 Å². The number of anilines is 1. The van der Waals surface area contributed by atoms with Gasteiger partial charge in [-0.3, -0.25) is 14.4 Å². The lowest BCUT2D eigenvalue weighted by atomic mass is 10.1. The van der Waals surface area contributed by atoms with Crippen molar-refractivity contribution in [1.29, 1.82) is 0 Å². The average Bonchev–Trinajstić information content (AvgIpc) is 2.63. The Morgan fingerprint density at radius 1 is 1.04 bits per heavy atom. The van der Waals surface area contributed by atoms with E-state index in [0.29, 0.717) is 16.3 Å². The summed E-state index contributed by atoms with van der Waals surface area (Å²) in [6.07, 6.45) is -1.04. The highest BCUT2D eigenvalue weighted by Gasteiger charge is 2.19. The van der Waals surface area contributed by atoms with Gasteiger partial charge in [-0.2, -0.15) is 0 Å². The van der Waals surface area contributed by atoms with Gasteiger partial charge in [-0.05, 0) is 62.2 Å². The summed E-state index contributed by atoms with van der Waals surface area (Å²) in [5, 5.41) is 3.29. The molecule has 142 valence electrons. The van der Waals surface area contributed by atoms with Crippen LogP contribution < -0.4 is 5.32 Å². The fourth-order valence-corrected chi connectivity index (χ4v) is 2.54. The summed E-state index contributed by atoms with van der Waals surface area (Å²) in [5.41, 5.74) is 3.09. The summed E-state index contributed by atoms with van der Waals surface area (Å²) in [6.45, 7) is 5.31. The fraction of sp³-hybridized carbons (Fsp3) is 0.286. The summed E-state index contributed by atoms with van der Waals surface area (Å²) in [4.78, 5) is 36.2. The lowest BCUT2D eigenvalue weighted by Gasteiger charge is -2.15. The van der Waals surface area contributed by atoms with Gasteiger partial charge in [-0.25, -0.2) is 0 Å². The maximum absolute atomic E-state index is 12.2. The molecule has 0 saturated carbocycles. The number of benzene rings is 2. The molecule has 0 aromatic heterocycles. The normalized spacial score (nSPS) is 11.6. The number of ether oxygens (including phenoxy) is 1. The Labute approximate surface area is 163 Å². The van der Waals surface area contributed by atoms with Gasteiger partial charge in [0.05, 0.1) is 6.42 Å². The minimum absolute atomic E-state index is 0.00575. The van der Waals surface area contributed by atoms with Crippen LogP contribution in [-0.2, 0) is 14.3 Å². The fourth-order valence-electron chi connectivity index (χ4n) is 2.41. The van der Waals surface area contributed by atoms with E-state index in [2.05, 4.69) is 5.32 Å². The predicted molar refractivity (Wildman–Crippen MR) is 105 cm³/mol. The van der Waals surface area contributed by atoms with Gasteiger partial charge >= 0.3 is 5.97 Å². The minimum Gasteiger partial charge on any atom is -0.453 e. The molecule has 0 spiro atoms. The molecular formula is C21H22ClNO4. The Kier molecular flexibility index (Phi) is 7.13. The highest BCUT2D eigenvalue weighted by molar-refractivity contribution is 6.30. The standard InChI is InChI=1S/C21H22ClNO4/c1-13-4-5-14(2)18(12-13)23-21(26)15(3)27-20(25)11-10-19(24)16-6-8-17(22)9-7-16/h4-9,12,15H,10-11H2,1-3H3,(H,23,26). The maximum atomic E-state index is 12.2. The van der Waals surface area contributed by atoms with Gasteiger partial charge in [0, 0.05) is 22.7 Å². The summed E-state index contributed by atoms with van der Waals surface area (Å²) in [6, 6.07) is 12.2.